The van der Waals surface area contributed by atoms with E-state index in [1.54, 1.807) is 12.1 Å². The monoisotopic (exact) mass is 447 g/mol. The number of aromatic amines is 1. The average Bonchev–Trinajstić information content (AvgIpc) is 2.73. The molecule has 6 N–H and O–H groups in total. The van der Waals surface area contributed by atoms with Crippen LogP contribution in [-0.4, -0.2) is 30.8 Å². The number of non-ortho nitro benzene ring substituents is 1. The van der Waals surface area contributed by atoms with E-state index >= 15 is 0 Å². The molecule has 2 aromatic carbocycles. The quantitative estimate of drug-likeness (QED) is 0.127. The molecule has 0 radical (unpaired) electrons. The van der Waals surface area contributed by atoms with Gasteiger partial charge in [0.25, 0.3) is 11.2 Å². The number of H-pyrrole nitrogens is 1. The van der Waals surface area contributed by atoms with Crippen LogP contribution in [0.1, 0.15) is 17.4 Å². The Bertz CT molecular complexity index is 1210. The molecule has 154 valence electrons. The standard InChI is InChI=1S/C17H14ClN7O4S/c18-9-3-6-11-12(7-9)21-16(27)14(20-11)13(23-24-17(30)22-19)15(26)8-1-4-10(5-2-8)25(28)29/h1-7,15,26H,19H2,(H,21,27)(H2,22,24,30). The van der Waals surface area contributed by atoms with Crippen molar-refractivity contribution in [3.63, 3.8) is 0 Å². The molecule has 1 atom stereocenters. The van der Waals surface area contributed by atoms with Crippen LogP contribution in [-0.2, 0) is 0 Å². The number of nitrogens with zero attached hydrogens (tertiary/aromatic N) is 3. The van der Waals surface area contributed by atoms with Crippen molar-refractivity contribution in [1.82, 2.24) is 20.8 Å². The highest BCUT2D eigenvalue weighted by Gasteiger charge is 2.23. The Kier molecular flexibility index (Phi) is 6.32. The van der Waals surface area contributed by atoms with Gasteiger partial charge >= 0.3 is 0 Å². The highest BCUT2D eigenvalue weighted by molar-refractivity contribution is 7.80. The Balaban J connectivity index is 2.11. The van der Waals surface area contributed by atoms with Crippen LogP contribution in [0.2, 0.25) is 5.02 Å². The second-order valence-corrected chi connectivity index (χ2v) is 6.75. The maximum atomic E-state index is 12.6. The molecule has 3 rings (SSSR count). The lowest BCUT2D eigenvalue weighted by atomic mass is 10.0. The first kappa shape index (κ1) is 21.3. The van der Waals surface area contributed by atoms with Crippen LogP contribution in [0.15, 0.2) is 52.4 Å². The number of aliphatic hydroxyl groups excluding tert-OH is 1. The molecular formula is C17H14ClN7O4S. The number of nitro groups is 1. The molecule has 3 aromatic rings. The van der Waals surface area contributed by atoms with Gasteiger partial charge in [0.15, 0.2) is 5.69 Å². The van der Waals surface area contributed by atoms with E-state index in [9.17, 15) is 20.0 Å². The molecule has 0 spiro atoms. The fraction of sp³-hybridized carbons (Fsp3) is 0.0588. The number of halogens is 1. The van der Waals surface area contributed by atoms with Gasteiger partial charge in [0, 0.05) is 17.2 Å². The Morgan fingerprint density at radius 1 is 1.33 bits per heavy atom. The number of aromatic nitrogens is 2. The third kappa shape index (κ3) is 4.58. The van der Waals surface area contributed by atoms with Crippen molar-refractivity contribution in [3.05, 3.63) is 79.2 Å². The molecule has 0 aliphatic rings. The topological polar surface area (TPSA) is 172 Å². The van der Waals surface area contributed by atoms with E-state index in [4.69, 9.17) is 29.7 Å². The van der Waals surface area contributed by atoms with E-state index in [1.807, 2.05) is 0 Å². The van der Waals surface area contributed by atoms with Gasteiger partial charge in [-0.05, 0) is 48.1 Å². The number of hydrogen-bond donors (Lipinski definition) is 5. The van der Waals surface area contributed by atoms with Gasteiger partial charge in [0.1, 0.15) is 11.8 Å². The Morgan fingerprint density at radius 3 is 2.67 bits per heavy atom. The molecule has 0 aliphatic carbocycles. The van der Waals surface area contributed by atoms with E-state index in [0.29, 0.717) is 16.1 Å². The van der Waals surface area contributed by atoms with E-state index in [-0.39, 0.29) is 27.8 Å². The first-order chi connectivity index (χ1) is 14.3. The van der Waals surface area contributed by atoms with Crippen molar-refractivity contribution in [2.24, 2.45) is 10.9 Å². The zero-order valence-corrected chi connectivity index (χ0v) is 16.6. The zero-order valence-electron chi connectivity index (χ0n) is 15.0. The van der Waals surface area contributed by atoms with Gasteiger partial charge in [0.2, 0.25) is 5.11 Å². The highest BCUT2D eigenvalue weighted by Crippen LogP contribution is 2.22. The van der Waals surface area contributed by atoms with Gasteiger partial charge in [-0.2, -0.15) is 5.10 Å². The highest BCUT2D eigenvalue weighted by atomic mass is 35.5. The summed E-state index contributed by atoms with van der Waals surface area (Å²) in [5.41, 5.74) is 4.42. The van der Waals surface area contributed by atoms with E-state index in [0.717, 1.165) is 0 Å². The van der Waals surface area contributed by atoms with Crippen LogP contribution in [0.3, 0.4) is 0 Å². The van der Waals surface area contributed by atoms with E-state index < -0.39 is 16.6 Å². The van der Waals surface area contributed by atoms with Crippen LogP contribution >= 0.6 is 23.8 Å². The smallest absolute Gasteiger partial charge is 0.276 e. The summed E-state index contributed by atoms with van der Waals surface area (Å²) in [6.45, 7) is 0. The molecule has 30 heavy (non-hydrogen) atoms. The molecule has 0 fully saturated rings. The van der Waals surface area contributed by atoms with Gasteiger partial charge < -0.3 is 10.1 Å². The lowest BCUT2D eigenvalue weighted by Crippen LogP contribution is -2.38. The van der Waals surface area contributed by atoms with Crippen molar-refractivity contribution < 1.29 is 10.0 Å². The Labute approximate surface area is 178 Å². The van der Waals surface area contributed by atoms with Crippen LogP contribution in [0.4, 0.5) is 5.69 Å². The maximum Gasteiger partial charge on any atom is 0.276 e. The summed E-state index contributed by atoms with van der Waals surface area (Å²) in [5.74, 6) is 5.20. The third-order valence-corrected chi connectivity index (χ3v) is 4.43. The molecular weight excluding hydrogens is 434 g/mol. The average molecular weight is 448 g/mol. The second-order valence-electron chi connectivity index (χ2n) is 5.91. The minimum absolute atomic E-state index is 0.0765. The molecule has 1 heterocycles. The number of fused-ring (bicyclic) bond motifs is 1. The number of nitro benzene ring substituents is 1. The van der Waals surface area contributed by atoms with Crippen molar-refractivity contribution in [2.75, 3.05) is 0 Å². The summed E-state index contributed by atoms with van der Waals surface area (Å²) in [6, 6.07) is 9.83. The lowest BCUT2D eigenvalue weighted by molar-refractivity contribution is -0.384. The molecule has 0 bridgehead atoms. The first-order valence-electron chi connectivity index (χ1n) is 8.26. The minimum atomic E-state index is -1.46. The number of thiocarbonyl (C=S) groups is 1. The van der Waals surface area contributed by atoms with Crippen molar-refractivity contribution >= 4 is 51.4 Å². The summed E-state index contributed by atoms with van der Waals surface area (Å²) in [4.78, 5) is 29.8. The van der Waals surface area contributed by atoms with Gasteiger partial charge in [-0.3, -0.25) is 25.8 Å². The number of nitrogens with two attached hydrogens (primary N) is 1. The number of benzene rings is 2. The summed E-state index contributed by atoms with van der Waals surface area (Å²) in [6.07, 6.45) is -1.46. The van der Waals surface area contributed by atoms with Gasteiger partial charge in [-0.25, -0.2) is 10.8 Å². The Morgan fingerprint density at radius 2 is 2.03 bits per heavy atom. The number of hydrazine groups is 1. The molecule has 13 heteroatoms. The zero-order chi connectivity index (χ0) is 21.8. The molecule has 11 nitrogen and oxygen atoms in total. The van der Waals surface area contributed by atoms with Crippen molar-refractivity contribution in [1.29, 1.82) is 0 Å². The third-order valence-electron chi connectivity index (χ3n) is 3.98. The van der Waals surface area contributed by atoms with Crippen molar-refractivity contribution in [3.8, 4) is 0 Å². The van der Waals surface area contributed by atoms with Crippen LogP contribution in [0.5, 0.6) is 0 Å². The number of aliphatic hydroxyl groups is 1. The van der Waals surface area contributed by atoms with E-state index in [1.165, 1.54) is 30.3 Å². The molecule has 0 amide bonds. The number of rotatable bonds is 5. The Hall–Kier alpha value is -3.45. The van der Waals surface area contributed by atoms with Gasteiger partial charge in [-0.1, -0.05) is 11.6 Å². The number of hydrogen-bond acceptors (Lipinski definition) is 8. The predicted molar refractivity (Wildman–Crippen MR) is 115 cm³/mol. The molecule has 0 saturated heterocycles. The predicted octanol–water partition coefficient (Wildman–Crippen LogP) is 1.26. The molecule has 0 saturated carbocycles. The van der Waals surface area contributed by atoms with Crippen LogP contribution < -0.4 is 22.3 Å². The second kappa shape index (κ2) is 8.92. The number of nitrogens with one attached hydrogen (secondary N) is 3. The fourth-order valence-corrected chi connectivity index (χ4v) is 2.77. The summed E-state index contributed by atoms with van der Waals surface area (Å²) in [7, 11) is 0. The summed E-state index contributed by atoms with van der Waals surface area (Å²) < 4.78 is 0. The number of hydrazone groups is 1. The first-order valence-corrected chi connectivity index (χ1v) is 9.05. The molecule has 1 unspecified atom stereocenters. The largest absolute Gasteiger partial charge is 0.382 e. The van der Waals surface area contributed by atoms with Crippen molar-refractivity contribution in [2.45, 2.75) is 6.10 Å². The minimum Gasteiger partial charge on any atom is -0.382 e. The van der Waals surface area contributed by atoms with Gasteiger partial charge in [0.05, 0.1) is 16.0 Å². The molecule has 0 aliphatic heterocycles. The van der Waals surface area contributed by atoms with Crippen LogP contribution in [0, 0.1) is 10.1 Å². The fourth-order valence-electron chi connectivity index (χ4n) is 2.56. The normalized spacial score (nSPS) is 12.4. The maximum absolute atomic E-state index is 12.6. The summed E-state index contributed by atoms with van der Waals surface area (Å²) >= 11 is 10.8. The van der Waals surface area contributed by atoms with Gasteiger partial charge in [-0.15, -0.1) is 0 Å². The summed E-state index contributed by atoms with van der Waals surface area (Å²) in [5, 5.41) is 26.0. The SMILES string of the molecule is NNC(=S)NN=C(c1nc2ccc(Cl)cc2[nH]c1=O)C(O)c1ccc([N+](=O)[O-])cc1. The lowest BCUT2D eigenvalue weighted by Gasteiger charge is -2.14. The van der Waals surface area contributed by atoms with Crippen LogP contribution in [0.25, 0.3) is 11.0 Å². The molecule has 1 aromatic heterocycles. The van der Waals surface area contributed by atoms with E-state index in [2.05, 4.69) is 25.9 Å².